The molecule has 1 nitrogen and oxygen atoms in total. The molecule has 0 radical (unpaired) electrons. The summed E-state index contributed by atoms with van der Waals surface area (Å²) < 4.78 is 0. The smallest absolute Gasteiger partial charge is 0.0991 e. The molecule has 2 rings (SSSR count). The molecule has 0 bridgehead atoms. The van der Waals surface area contributed by atoms with Gasteiger partial charge in [-0.1, -0.05) is 18.2 Å². The van der Waals surface area contributed by atoms with E-state index in [2.05, 4.69) is 12.1 Å². The predicted molar refractivity (Wildman–Crippen MR) is 53.0 cm³/mol. The number of hydrogen-bond donors (Lipinski definition) is 0. The maximum absolute atomic E-state index is 8.63. The number of nitriles is 1. The van der Waals surface area contributed by atoms with Gasteiger partial charge in [-0.2, -0.15) is 5.26 Å². The standard InChI is InChI=1S/C12H11N/c13-9-10-5-7-12(8-6-10)11-3-1-2-4-11/h3,5-8H,1-2,4H2. The van der Waals surface area contributed by atoms with E-state index >= 15 is 0 Å². The molecule has 1 aromatic rings. The van der Waals surface area contributed by atoms with Gasteiger partial charge in [0.15, 0.2) is 0 Å². The molecule has 1 aromatic carbocycles. The summed E-state index contributed by atoms with van der Waals surface area (Å²) >= 11 is 0. The molecule has 0 atom stereocenters. The monoisotopic (exact) mass is 169 g/mol. The average molecular weight is 169 g/mol. The first-order valence-electron chi connectivity index (χ1n) is 4.60. The van der Waals surface area contributed by atoms with Crippen molar-refractivity contribution in [1.82, 2.24) is 0 Å². The quantitative estimate of drug-likeness (QED) is 0.633. The molecular formula is C12H11N. The first-order chi connectivity index (χ1) is 6.40. The Morgan fingerprint density at radius 1 is 1.15 bits per heavy atom. The lowest BCUT2D eigenvalue weighted by Crippen LogP contribution is -1.81. The summed E-state index contributed by atoms with van der Waals surface area (Å²) in [5.74, 6) is 0. The van der Waals surface area contributed by atoms with Crippen LogP contribution in [-0.2, 0) is 0 Å². The molecule has 0 unspecified atom stereocenters. The zero-order chi connectivity index (χ0) is 9.10. The lowest BCUT2D eigenvalue weighted by atomic mass is 10.0. The van der Waals surface area contributed by atoms with Gasteiger partial charge in [-0.3, -0.25) is 0 Å². The summed E-state index contributed by atoms with van der Waals surface area (Å²) in [7, 11) is 0. The minimum Gasteiger partial charge on any atom is -0.192 e. The third-order valence-electron chi connectivity index (χ3n) is 2.43. The van der Waals surface area contributed by atoms with E-state index in [0.717, 1.165) is 5.56 Å². The summed E-state index contributed by atoms with van der Waals surface area (Å²) in [5, 5.41) is 8.63. The van der Waals surface area contributed by atoms with Crippen molar-refractivity contribution in [3.8, 4) is 6.07 Å². The lowest BCUT2D eigenvalue weighted by molar-refractivity contribution is 0.935. The van der Waals surface area contributed by atoms with Crippen molar-refractivity contribution in [2.24, 2.45) is 0 Å². The van der Waals surface area contributed by atoms with Crippen LogP contribution >= 0.6 is 0 Å². The number of rotatable bonds is 1. The third-order valence-corrected chi connectivity index (χ3v) is 2.43. The number of nitrogens with zero attached hydrogens (tertiary/aromatic N) is 1. The van der Waals surface area contributed by atoms with Crippen molar-refractivity contribution in [2.75, 3.05) is 0 Å². The second-order valence-electron chi connectivity index (χ2n) is 3.31. The van der Waals surface area contributed by atoms with Crippen LogP contribution in [0.2, 0.25) is 0 Å². The van der Waals surface area contributed by atoms with Crippen LogP contribution in [0.5, 0.6) is 0 Å². The van der Waals surface area contributed by atoms with Crippen molar-refractivity contribution in [3.05, 3.63) is 41.5 Å². The Morgan fingerprint density at radius 2 is 1.92 bits per heavy atom. The first-order valence-corrected chi connectivity index (χ1v) is 4.60. The van der Waals surface area contributed by atoms with Crippen LogP contribution < -0.4 is 0 Å². The SMILES string of the molecule is N#Cc1ccc(C2=CCCC2)cc1. The first kappa shape index (κ1) is 8.07. The fourth-order valence-electron chi connectivity index (χ4n) is 1.69. The van der Waals surface area contributed by atoms with Crippen LogP contribution in [0.1, 0.15) is 30.4 Å². The van der Waals surface area contributed by atoms with E-state index in [4.69, 9.17) is 5.26 Å². The Kier molecular flexibility index (Phi) is 2.14. The van der Waals surface area contributed by atoms with Crippen LogP contribution in [-0.4, -0.2) is 0 Å². The molecular weight excluding hydrogens is 158 g/mol. The van der Waals surface area contributed by atoms with Gasteiger partial charge in [0.2, 0.25) is 0 Å². The number of allylic oxidation sites excluding steroid dienone is 2. The Morgan fingerprint density at radius 3 is 2.46 bits per heavy atom. The molecule has 13 heavy (non-hydrogen) atoms. The van der Waals surface area contributed by atoms with Gasteiger partial charge in [0.05, 0.1) is 11.6 Å². The van der Waals surface area contributed by atoms with E-state index in [9.17, 15) is 0 Å². The van der Waals surface area contributed by atoms with Gasteiger partial charge in [-0.25, -0.2) is 0 Å². The van der Waals surface area contributed by atoms with Gasteiger partial charge in [0.1, 0.15) is 0 Å². The van der Waals surface area contributed by atoms with E-state index in [1.54, 1.807) is 0 Å². The molecule has 1 aliphatic rings. The van der Waals surface area contributed by atoms with Crippen molar-refractivity contribution >= 4 is 5.57 Å². The summed E-state index contributed by atoms with van der Waals surface area (Å²) in [6.07, 6.45) is 5.96. The highest BCUT2D eigenvalue weighted by atomic mass is 14.2. The number of benzene rings is 1. The number of hydrogen-bond acceptors (Lipinski definition) is 1. The highest BCUT2D eigenvalue weighted by Crippen LogP contribution is 2.27. The van der Waals surface area contributed by atoms with Gasteiger partial charge < -0.3 is 0 Å². The molecule has 0 spiro atoms. The van der Waals surface area contributed by atoms with Gasteiger partial charge in [-0.05, 0) is 42.5 Å². The maximum atomic E-state index is 8.63. The zero-order valence-electron chi connectivity index (χ0n) is 7.46. The summed E-state index contributed by atoms with van der Waals surface area (Å²) in [6, 6.07) is 9.97. The van der Waals surface area contributed by atoms with Gasteiger partial charge in [0.25, 0.3) is 0 Å². The largest absolute Gasteiger partial charge is 0.192 e. The molecule has 0 aromatic heterocycles. The topological polar surface area (TPSA) is 23.8 Å². The zero-order valence-corrected chi connectivity index (χ0v) is 7.46. The van der Waals surface area contributed by atoms with Gasteiger partial charge >= 0.3 is 0 Å². The second-order valence-corrected chi connectivity index (χ2v) is 3.31. The van der Waals surface area contributed by atoms with Gasteiger partial charge in [-0.15, -0.1) is 0 Å². The van der Waals surface area contributed by atoms with Crippen LogP contribution in [0.15, 0.2) is 30.3 Å². The van der Waals surface area contributed by atoms with E-state index in [-0.39, 0.29) is 0 Å². The highest BCUT2D eigenvalue weighted by Gasteiger charge is 2.06. The Labute approximate surface area is 78.3 Å². The lowest BCUT2D eigenvalue weighted by Gasteiger charge is -2.00. The van der Waals surface area contributed by atoms with Crippen LogP contribution in [0.3, 0.4) is 0 Å². The average Bonchev–Trinajstić information content (AvgIpc) is 2.71. The molecule has 1 heteroatoms. The van der Waals surface area contributed by atoms with Crippen LogP contribution in [0.4, 0.5) is 0 Å². The minimum absolute atomic E-state index is 0.738. The minimum atomic E-state index is 0.738. The summed E-state index contributed by atoms with van der Waals surface area (Å²) in [6.45, 7) is 0. The van der Waals surface area contributed by atoms with Crippen LogP contribution in [0, 0.1) is 11.3 Å². The fraction of sp³-hybridized carbons (Fsp3) is 0.250. The molecule has 0 saturated heterocycles. The molecule has 0 N–H and O–H groups in total. The van der Waals surface area contributed by atoms with Gasteiger partial charge in [0, 0.05) is 0 Å². The molecule has 0 saturated carbocycles. The highest BCUT2D eigenvalue weighted by molar-refractivity contribution is 5.67. The Hall–Kier alpha value is -1.55. The van der Waals surface area contributed by atoms with Crippen molar-refractivity contribution in [1.29, 1.82) is 5.26 Å². The molecule has 0 aliphatic heterocycles. The molecule has 0 amide bonds. The summed E-state index contributed by atoms with van der Waals surface area (Å²) in [4.78, 5) is 0. The van der Waals surface area contributed by atoms with Crippen molar-refractivity contribution in [3.63, 3.8) is 0 Å². The normalized spacial score (nSPS) is 15.2. The fourth-order valence-corrected chi connectivity index (χ4v) is 1.69. The molecule has 0 heterocycles. The van der Waals surface area contributed by atoms with E-state index < -0.39 is 0 Å². The Balaban J connectivity index is 2.28. The third kappa shape index (κ3) is 1.62. The van der Waals surface area contributed by atoms with Crippen molar-refractivity contribution < 1.29 is 0 Å². The summed E-state index contributed by atoms with van der Waals surface area (Å²) in [5.41, 5.74) is 3.45. The van der Waals surface area contributed by atoms with E-state index in [1.165, 1.54) is 30.4 Å². The molecule has 64 valence electrons. The van der Waals surface area contributed by atoms with E-state index in [1.807, 2.05) is 24.3 Å². The second kappa shape index (κ2) is 3.45. The van der Waals surface area contributed by atoms with Crippen LogP contribution in [0.25, 0.3) is 5.57 Å². The molecule has 0 fully saturated rings. The van der Waals surface area contributed by atoms with Crippen molar-refractivity contribution in [2.45, 2.75) is 19.3 Å². The molecule has 1 aliphatic carbocycles. The Bertz CT molecular complexity index is 365. The predicted octanol–water partition coefficient (Wildman–Crippen LogP) is 3.13. The van der Waals surface area contributed by atoms with E-state index in [0.29, 0.717) is 0 Å². The maximum Gasteiger partial charge on any atom is 0.0991 e.